The number of carboxylic acids is 1. The molecule has 0 heterocycles. The van der Waals surface area contributed by atoms with Crippen LogP contribution in [0.5, 0.6) is 0 Å². The molecule has 1 N–H and O–H groups in total. The minimum Gasteiger partial charge on any atom is -0.550 e. The zero-order valence-corrected chi connectivity index (χ0v) is 12.0. The third-order valence-electron chi connectivity index (χ3n) is 4.54. The van der Waals surface area contributed by atoms with Gasteiger partial charge in [0.05, 0.1) is 0 Å². The quantitative estimate of drug-likeness (QED) is 0.776. The summed E-state index contributed by atoms with van der Waals surface area (Å²) in [6.07, 6.45) is 11.1. The first-order valence-corrected chi connectivity index (χ1v) is 7.85. The van der Waals surface area contributed by atoms with Crippen LogP contribution in [0.3, 0.4) is 0 Å². The maximum atomic E-state index is 12.1. The Morgan fingerprint density at radius 3 is 2.55 bits per heavy atom. The fourth-order valence-electron chi connectivity index (χ4n) is 3.34. The molecule has 1 fully saturated rings. The van der Waals surface area contributed by atoms with Gasteiger partial charge < -0.3 is 15.2 Å². The normalized spacial score (nSPS) is 26.7. The van der Waals surface area contributed by atoms with Crippen molar-refractivity contribution < 1.29 is 14.7 Å². The zero-order chi connectivity index (χ0) is 14.4. The van der Waals surface area contributed by atoms with Gasteiger partial charge in [-0.05, 0) is 44.9 Å². The zero-order valence-electron chi connectivity index (χ0n) is 12.0. The Hall–Kier alpha value is -1.32. The van der Waals surface area contributed by atoms with Gasteiger partial charge in [0.15, 0.2) is 0 Å². The molecule has 1 amide bonds. The molecule has 2 atom stereocenters. The highest BCUT2D eigenvalue weighted by molar-refractivity contribution is 5.84. The Labute approximate surface area is 120 Å². The van der Waals surface area contributed by atoms with Crippen molar-refractivity contribution in [3.8, 4) is 0 Å². The van der Waals surface area contributed by atoms with E-state index in [2.05, 4.69) is 11.4 Å². The van der Waals surface area contributed by atoms with Gasteiger partial charge >= 0.3 is 0 Å². The Bertz CT molecular complexity index is 389. The van der Waals surface area contributed by atoms with E-state index in [1.165, 1.54) is 18.4 Å². The van der Waals surface area contributed by atoms with Crippen molar-refractivity contribution in [1.82, 2.24) is 5.32 Å². The predicted molar refractivity (Wildman–Crippen MR) is 74.6 cm³/mol. The molecule has 112 valence electrons. The minimum atomic E-state index is -1.07. The van der Waals surface area contributed by atoms with E-state index in [0.717, 1.165) is 32.1 Å². The van der Waals surface area contributed by atoms with Gasteiger partial charge in [0.25, 0.3) is 0 Å². The van der Waals surface area contributed by atoms with Crippen molar-refractivity contribution in [2.75, 3.05) is 6.54 Å². The molecule has 1 saturated carbocycles. The van der Waals surface area contributed by atoms with E-state index < -0.39 is 17.8 Å². The van der Waals surface area contributed by atoms with Crippen molar-refractivity contribution in [3.63, 3.8) is 0 Å². The third-order valence-corrected chi connectivity index (χ3v) is 4.54. The van der Waals surface area contributed by atoms with Crippen LogP contribution in [0.1, 0.15) is 57.8 Å². The fraction of sp³-hybridized carbons (Fsp3) is 0.750. The molecule has 4 heteroatoms. The Morgan fingerprint density at radius 1 is 1.15 bits per heavy atom. The standard InChI is InChI=1S/C16H25NO3/c18-15(13-8-4-5-9-14(13)16(19)20)17-11-10-12-6-2-1-3-7-12/h6,13-14H,1-5,7-11H2,(H,17,18)(H,19,20)/p-1/t13-,14+/m0/s1. The SMILES string of the molecule is O=C(NCCC1=CCCCC1)[C@H]1CCCC[C@H]1C(=O)[O-]. The highest BCUT2D eigenvalue weighted by atomic mass is 16.4. The van der Waals surface area contributed by atoms with Crippen LogP contribution in [0.25, 0.3) is 0 Å². The minimum absolute atomic E-state index is 0.102. The van der Waals surface area contributed by atoms with Crippen molar-refractivity contribution in [2.45, 2.75) is 57.8 Å². The summed E-state index contributed by atoms with van der Waals surface area (Å²) in [7, 11) is 0. The number of nitrogens with one attached hydrogen (secondary N) is 1. The average Bonchev–Trinajstić information content (AvgIpc) is 2.48. The highest BCUT2D eigenvalue weighted by Gasteiger charge is 2.31. The summed E-state index contributed by atoms with van der Waals surface area (Å²) in [6.45, 7) is 0.626. The van der Waals surface area contributed by atoms with E-state index >= 15 is 0 Å². The lowest BCUT2D eigenvalue weighted by molar-refractivity contribution is -0.314. The van der Waals surface area contributed by atoms with E-state index in [1.54, 1.807) is 0 Å². The number of aliphatic carboxylic acids is 1. The van der Waals surface area contributed by atoms with E-state index in [-0.39, 0.29) is 5.91 Å². The van der Waals surface area contributed by atoms with E-state index in [4.69, 9.17) is 0 Å². The second-order valence-electron chi connectivity index (χ2n) is 5.97. The summed E-state index contributed by atoms with van der Waals surface area (Å²) in [5, 5.41) is 14.0. The van der Waals surface area contributed by atoms with Crippen LogP contribution in [-0.2, 0) is 9.59 Å². The molecule has 0 aromatic heterocycles. The molecule has 0 aliphatic heterocycles. The lowest BCUT2D eigenvalue weighted by Gasteiger charge is -2.31. The molecule has 0 aromatic carbocycles. The van der Waals surface area contributed by atoms with Crippen LogP contribution >= 0.6 is 0 Å². The van der Waals surface area contributed by atoms with Crippen molar-refractivity contribution in [1.29, 1.82) is 0 Å². The number of carbonyl (C=O) groups is 2. The molecule has 2 aliphatic rings. The van der Waals surface area contributed by atoms with Gasteiger partial charge in [0, 0.05) is 24.3 Å². The smallest absolute Gasteiger partial charge is 0.223 e. The van der Waals surface area contributed by atoms with Gasteiger partial charge in [0.2, 0.25) is 5.91 Å². The number of hydrogen-bond acceptors (Lipinski definition) is 3. The maximum Gasteiger partial charge on any atom is 0.223 e. The maximum absolute atomic E-state index is 12.1. The molecule has 0 aromatic rings. The van der Waals surface area contributed by atoms with Crippen LogP contribution in [0.4, 0.5) is 0 Å². The van der Waals surface area contributed by atoms with Gasteiger partial charge in [-0.3, -0.25) is 4.79 Å². The van der Waals surface area contributed by atoms with Crippen LogP contribution < -0.4 is 10.4 Å². The van der Waals surface area contributed by atoms with E-state index in [9.17, 15) is 14.7 Å². The first kappa shape index (κ1) is 15.1. The first-order valence-electron chi connectivity index (χ1n) is 7.85. The molecular weight excluding hydrogens is 254 g/mol. The first-order chi connectivity index (χ1) is 9.68. The van der Waals surface area contributed by atoms with Crippen LogP contribution in [0.2, 0.25) is 0 Å². The lowest BCUT2D eigenvalue weighted by atomic mass is 9.78. The second-order valence-corrected chi connectivity index (χ2v) is 5.97. The molecule has 2 rings (SSSR count). The summed E-state index contributed by atoms with van der Waals surface area (Å²) in [4.78, 5) is 23.2. The summed E-state index contributed by atoms with van der Waals surface area (Å²) in [5.41, 5.74) is 1.43. The van der Waals surface area contributed by atoms with Crippen LogP contribution in [0.15, 0.2) is 11.6 Å². The average molecular weight is 278 g/mol. The molecule has 0 bridgehead atoms. The highest BCUT2D eigenvalue weighted by Crippen LogP contribution is 2.30. The third kappa shape index (κ3) is 4.09. The summed E-state index contributed by atoms with van der Waals surface area (Å²) in [6, 6.07) is 0. The summed E-state index contributed by atoms with van der Waals surface area (Å²) >= 11 is 0. The Kier molecular flexibility index (Phi) is 5.62. The van der Waals surface area contributed by atoms with Gasteiger partial charge in [-0.1, -0.05) is 24.5 Å². The Balaban J connectivity index is 1.78. The number of carboxylic acid groups (broad SMARTS) is 1. The largest absolute Gasteiger partial charge is 0.550 e. The molecule has 20 heavy (non-hydrogen) atoms. The monoisotopic (exact) mass is 278 g/mol. The number of allylic oxidation sites excluding steroid dienone is 1. The van der Waals surface area contributed by atoms with Crippen molar-refractivity contribution in [3.05, 3.63) is 11.6 Å². The summed E-state index contributed by atoms with van der Waals surface area (Å²) in [5.74, 6) is -2.16. The number of carbonyl (C=O) groups excluding carboxylic acids is 2. The molecule has 4 nitrogen and oxygen atoms in total. The number of amides is 1. The van der Waals surface area contributed by atoms with Gasteiger partial charge in [0.1, 0.15) is 0 Å². The molecule has 2 aliphatic carbocycles. The number of rotatable bonds is 5. The molecule has 0 spiro atoms. The lowest BCUT2D eigenvalue weighted by Crippen LogP contribution is -2.44. The van der Waals surface area contributed by atoms with E-state index in [1.807, 2.05) is 0 Å². The van der Waals surface area contributed by atoms with E-state index in [0.29, 0.717) is 19.4 Å². The fourth-order valence-corrected chi connectivity index (χ4v) is 3.34. The summed E-state index contributed by atoms with van der Waals surface area (Å²) < 4.78 is 0. The topological polar surface area (TPSA) is 69.2 Å². The molecule has 0 unspecified atom stereocenters. The van der Waals surface area contributed by atoms with Gasteiger partial charge in [-0.15, -0.1) is 0 Å². The molecule has 0 radical (unpaired) electrons. The Morgan fingerprint density at radius 2 is 1.90 bits per heavy atom. The van der Waals surface area contributed by atoms with Gasteiger partial charge in [-0.2, -0.15) is 0 Å². The van der Waals surface area contributed by atoms with Crippen molar-refractivity contribution in [2.24, 2.45) is 11.8 Å². The number of hydrogen-bond donors (Lipinski definition) is 1. The predicted octanol–water partition coefficient (Wildman–Crippen LogP) is 1.55. The second kappa shape index (κ2) is 7.46. The molecular formula is C16H24NO3-. The van der Waals surface area contributed by atoms with Gasteiger partial charge in [-0.25, -0.2) is 0 Å². The molecule has 0 saturated heterocycles. The van der Waals surface area contributed by atoms with Crippen LogP contribution in [-0.4, -0.2) is 18.4 Å². The van der Waals surface area contributed by atoms with Crippen molar-refractivity contribution >= 4 is 11.9 Å². The van der Waals surface area contributed by atoms with Crippen LogP contribution in [0, 0.1) is 11.8 Å².